The first kappa shape index (κ1) is 27.0. The first-order valence-electron chi connectivity index (χ1n) is 13.3. The quantitative estimate of drug-likeness (QED) is 0.423. The highest BCUT2D eigenvalue weighted by atomic mass is 35.5. The number of piperazine rings is 1. The minimum Gasteiger partial charge on any atom is -0.346 e. The van der Waals surface area contributed by atoms with Gasteiger partial charge in [0.15, 0.2) is 6.04 Å². The van der Waals surface area contributed by atoms with Gasteiger partial charge in [0.25, 0.3) is 5.91 Å². The lowest BCUT2D eigenvalue weighted by Crippen LogP contribution is -2.63. The van der Waals surface area contributed by atoms with Crippen molar-refractivity contribution in [2.45, 2.75) is 68.7 Å². The molecule has 3 saturated heterocycles. The van der Waals surface area contributed by atoms with Gasteiger partial charge in [0.2, 0.25) is 6.04 Å². The van der Waals surface area contributed by atoms with Crippen LogP contribution in [0.25, 0.3) is 0 Å². The molecular formula is C26H34Cl2F3N4O2+. The number of hydrogen-bond acceptors (Lipinski definition) is 3. The number of benzene rings is 1. The van der Waals surface area contributed by atoms with E-state index < -0.39 is 17.6 Å². The van der Waals surface area contributed by atoms with Crippen molar-refractivity contribution in [3.8, 4) is 0 Å². The van der Waals surface area contributed by atoms with Crippen molar-refractivity contribution in [1.29, 1.82) is 0 Å². The van der Waals surface area contributed by atoms with Gasteiger partial charge in [-0.25, -0.2) is 0 Å². The summed E-state index contributed by atoms with van der Waals surface area (Å²) in [6.45, 7) is 4.15. The number of carbonyl (C=O) groups is 2. The second-order valence-corrected chi connectivity index (χ2v) is 11.9. The Labute approximate surface area is 225 Å². The molecule has 3 aliphatic heterocycles. The summed E-state index contributed by atoms with van der Waals surface area (Å²) < 4.78 is 39.2. The van der Waals surface area contributed by atoms with E-state index in [1.165, 1.54) is 0 Å². The normalized spacial score (nSPS) is 27.3. The van der Waals surface area contributed by atoms with Crippen molar-refractivity contribution in [3.05, 3.63) is 33.8 Å². The average molecular weight is 562 g/mol. The molecule has 1 unspecified atom stereocenters. The molecule has 2 atom stereocenters. The van der Waals surface area contributed by atoms with Crippen LogP contribution in [-0.4, -0.2) is 89.7 Å². The minimum absolute atomic E-state index is 0.0148. The third kappa shape index (κ3) is 5.09. The van der Waals surface area contributed by atoms with Gasteiger partial charge in [-0.15, -0.1) is 0 Å². The Balaban J connectivity index is 1.26. The lowest BCUT2D eigenvalue weighted by molar-refractivity contribution is -0.811. The Hall–Kier alpha value is -1.55. The number of nitrogens with zero attached hydrogens (tertiary/aromatic N) is 3. The number of quaternary nitrogens is 1. The van der Waals surface area contributed by atoms with Gasteiger partial charge in [0.1, 0.15) is 0 Å². The van der Waals surface area contributed by atoms with Crippen LogP contribution in [0, 0.1) is 0 Å². The summed E-state index contributed by atoms with van der Waals surface area (Å²) in [7, 11) is 0. The molecule has 6 nitrogen and oxygen atoms in total. The predicted molar refractivity (Wildman–Crippen MR) is 135 cm³/mol. The van der Waals surface area contributed by atoms with Gasteiger partial charge in [0, 0.05) is 61.7 Å². The molecule has 1 N–H and O–H groups in total. The van der Waals surface area contributed by atoms with Crippen molar-refractivity contribution < 1.29 is 27.2 Å². The summed E-state index contributed by atoms with van der Waals surface area (Å²) >= 11 is 12.7. The van der Waals surface area contributed by atoms with Gasteiger partial charge in [-0.3, -0.25) is 19.0 Å². The topological polar surface area (TPSA) is 52.7 Å². The van der Waals surface area contributed by atoms with Crippen molar-refractivity contribution in [2.75, 3.05) is 45.8 Å². The smallest absolute Gasteiger partial charge is 0.346 e. The number of carbonyl (C=O) groups excluding carboxylic acids is 2. The lowest BCUT2D eigenvalue weighted by Gasteiger charge is -2.50. The molecule has 4 aliphatic rings. The molecule has 1 aromatic carbocycles. The van der Waals surface area contributed by atoms with E-state index in [0.717, 1.165) is 68.1 Å². The zero-order valence-corrected chi connectivity index (χ0v) is 22.3. The Bertz CT molecular complexity index is 1030. The standard InChI is InChI=1S/C26H33Cl2F3N4O2/c27-18-6-7-19(20(28)16-18)21-22(35(21)14-4-5-15-35)23(36)33-10-12-34(13-11-33)25(8-2-1-3-9-25)17-32-24(37)26(29,30)31/h6-7,16,21-22H,1-5,8-15,17H2/p+1/t21?,22-/m1/s1. The van der Waals surface area contributed by atoms with Crippen LogP contribution < -0.4 is 5.32 Å². The first-order valence-corrected chi connectivity index (χ1v) is 14.0. The fourth-order valence-corrected chi connectivity index (χ4v) is 7.72. The number of hydrogen-bond donors (Lipinski definition) is 1. The van der Waals surface area contributed by atoms with Crippen LogP contribution in [0.1, 0.15) is 56.6 Å². The molecule has 5 rings (SSSR count). The van der Waals surface area contributed by atoms with Gasteiger partial charge < -0.3 is 10.2 Å². The Kier molecular flexibility index (Phi) is 7.46. The number of halogens is 5. The second-order valence-electron chi connectivity index (χ2n) is 11.1. The first-order chi connectivity index (χ1) is 17.6. The van der Waals surface area contributed by atoms with Crippen LogP contribution in [0.2, 0.25) is 10.0 Å². The van der Waals surface area contributed by atoms with E-state index in [0.29, 0.717) is 36.2 Å². The number of amides is 2. The van der Waals surface area contributed by atoms with E-state index in [1.54, 1.807) is 6.07 Å². The van der Waals surface area contributed by atoms with E-state index in [-0.39, 0.29) is 24.5 Å². The minimum atomic E-state index is -4.89. The van der Waals surface area contributed by atoms with E-state index in [9.17, 15) is 22.8 Å². The van der Waals surface area contributed by atoms with E-state index >= 15 is 0 Å². The van der Waals surface area contributed by atoms with Crippen molar-refractivity contribution in [3.63, 3.8) is 0 Å². The molecule has 1 aromatic rings. The summed E-state index contributed by atoms with van der Waals surface area (Å²) in [5, 5.41) is 3.32. The lowest BCUT2D eigenvalue weighted by atomic mass is 9.79. The van der Waals surface area contributed by atoms with Gasteiger partial charge >= 0.3 is 12.1 Å². The maximum absolute atomic E-state index is 13.8. The highest BCUT2D eigenvalue weighted by Gasteiger charge is 2.72. The zero-order chi connectivity index (χ0) is 26.4. The van der Waals surface area contributed by atoms with Crippen LogP contribution in [-0.2, 0) is 9.59 Å². The molecule has 1 saturated carbocycles. The number of alkyl halides is 3. The van der Waals surface area contributed by atoms with Crippen LogP contribution in [0.4, 0.5) is 13.2 Å². The van der Waals surface area contributed by atoms with E-state index in [1.807, 2.05) is 17.0 Å². The summed E-state index contributed by atoms with van der Waals surface area (Å²) in [5.74, 6) is -1.74. The molecule has 2 amide bonds. The third-order valence-corrected chi connectivity index (χ3v) is 9.69. The molecule has 1 aliphatic carbocycles. The Morgan fingerprint density at radius 3 is 2.24 bits per heavy atom. The number of nitrogens with one attached hydrogen (secondary N) is 1. The van der Waals surface area contributed by atoms with Crippen molar-refractivity contribution in [1.82, 2.24) is 15.1 Å². The largest absolute Gasteiger partial charge is 0.471 e. The molecule has 0 bridgehead atoms. The van der Waals surface area contributed by atoms with Gasteiger partial charge in [-0.1, -0.05) is 42.5 Å². The fourth-order valence-electron chi connectivity index (χ4n) is 7.20. The molecule has 204 valence electrons. The highest BCUT2D eigenvalue weighted by Crippen LogP contribution is 2.57. The van der Waals surface area contributed by atoms with Crippen molar-refractivity contribution in [2.24, 2.45) is 0 Å². The van der Waals surface area contributed by atoms with Crippen LogP contribution in [0.15, 0.2) is 18.2 Å². The molecule has 11 heteroatoms. The monoisotopic (exact) mass is 561 g/mol. The average Bonchev–Trinajstić information content (AvgIpc) is 3.23. The SMILES string of the molecule is O=C([C@H]1C(c2ccc(Cl)cc2Cl)[N+]12CCCC2)N1CCN(C2(CNC(=O)C(F)(F)F)CCCCC2)CC1. The van der Waals surface area contributed by atoms with Crippen LogP contribution in [0.5, 0.6) is 0 Å². The molecule has 4 fully saturated rings. The second kappa shape index (κ2) is 10.2. The zero-order valence-electron chi connectivity index (χ0n) is 20.8. The van der Waals surface area contributed by atoms with Crippen molar-refractivity contribution >= 4 is 35.0 Å². The maximum Gasteiger partial charge on any atom is 0.471 e. The molecule has 0 aromatic heterocycles. The van der Waals surface area contributed by atoms with E-state index in [4.69, 9.17) is 23.2 Å². The molecule has 0 radical (unpaired) electrons. The van der Waals surface area contributed by atoms with Crippen LogP contribution in [0.3, 0.4) is 0 Å². The summed E-state index contributed by atoms with van der Waals surface area (Å²) in [6, 6.07) is 5.41. The summed E-state index contributed by atoms with van der Waals surface area (Å²) in [4.78, 5) is 29.5. The summed E-state index contributed by atoms with van der Waals surface area (Å²) in [6.07, 6.45) is 1.68. The third-order valence-electron chi connectivity index (χ3n) is 9.13. The van der Waals surface area contributed by atoms with E-state index in [2.05, 4.69) is 10.2 Å². The highest BCUT2D eigenvalue weighted by molar-refractivity contribution is 6.35. The van der Waals surface area contributed by atoms with Gasteiger partial charge in [-0.2, -0.15) is 13.2 Å². The van der Waals surface area contributed by atoms with Gasteiger partial charge in [0.05, 0.1) is 18.1 Å². The fraction of sp³-hybridized carbons (Fsp3) is 0.692. The number of rotatable bonds is 5. The molecule has 3 heterocycles. The van der Waals surface area contributed by atoms with Gasteiger partial charge in [-0.05, 0) is 31.0 Å². The maximum atomic E-state index is 13.8. The molecule has 1 spiro atoms. The molecular weight excluding hydrogens is 528 g/mol. The Morgan fingerprint density at radius 2 is 1.65 bits per heavy atom. The molecule has 37 heavy (non-hydrogen) atoms. The predicted octanol–water partition coefficient (Wildman–Crippen LogP) is 4.55. The Morgan fingerprint density at radius 1 is 1.00 bits per heavy atom. The van der Waals surface area contributed by atoms with Crippen LogP contribution >= 0.6 is 23.2 Å². The summed E-state index contributed by atoms with van der Waals surface area (Å²) in [5.41, 5.74) is 0.488.